The first kappa shape index (κ1) is 16.4. The monoisotopic (exact) mass is 295 g/mol. The minimum Gasteiger partial charge on any atom is -0.378 e. The van der Waals surface area contributed by atoms with E-state index in [1.165, 1.54) is 0 Å². The summed E-state index contributed by atoms with van der Waals surface area (Å²) in [5.74, 6) is -2.53. The highest BCUT2D eigenvalue weighted by molar-refractivity contribution is 7.54. The van der Waals surface area contributed by atoms with Crippen LogP contribution in [-0.4, -0.2) is 49.7 Å². The summed E-state index contributed by atoms with van der Waals surface area (Å²) in [4.78, 5) is 2.62. The van der Waals surface area contributed by atoms with E-state index >= 15 is 0 Å². The minimum absolute atomic E-state index is 0.0604. The van der Waals surface area contributed by atoms with Gasteiger partial charge in [-0.3, -0.25) is 4.57 Å². The molecule has 0 spiro atoms. The van der Waals surface area contributed by atoms with Gasteiger partial charge in [-0.05, 0) is 19.4 Å². The number of nitrogens with zero attached hydrogens (tertiary/aromatic N) is 3. The summed E-state index contributed by atoms with van der Waals surface area (Å²) >= 11 is 0. The lowest BCUT2D eigenvalue weighted by atomic mass is 10.2. The standard InChI is InChI=1S/C9H18N3O6P/c1-9(2)17-6(5-11-12-10)7(18-9)8(13)19(14,15-3)16-4/h6-8,13H,5H2,1-4H3/t6-,7+,8-/m0/s1. The van der Waals surface area contributed by atoms with Crippen LogP contribution in [0.15, 0.2) is 5.11 Å². The van der Waals surface area contributed by atoms with Crippen molar-refractivity contribution < 1.29 is 28.2 Å². The average molecular weight is 295 g/mol. The lowest BCUT2D eigenvalue weighted by Crippen LogP contribution is -2.37. The van der Waals surface area contributed by atoms with E-state index in [-0.39, 0.29) is 6.54 Å². The predicted molar refractivity (Wildman–Crippen MR) is 65.5 cm³/mol. The van der Waals surface area contributed by atoms with E-state index < -0.39 is 31.4 Å². The fourth-order valence-corrected chi connectivity index (χ4v) is 3.04. The smallest absolute Gasteiger partial charge is 0.361 e. The van der Waals surface area contributed by atoms with Gasteiger partial charge in [0.05, 0.1) is 12.6 Å². The number of hydrogen-bond acceptors (Lipinski definition) is 7. The maximum Gasteiger partial charge on any atom is 0.361 e. The Balaban J connectivity index is 2.94. The van der Waals surface area contributed by atoms with Gasteiger partial charge >= 0.3 is 7.60 Å². The van der Waals surface area contributed by atoms with E-state index in [0.29, 0.717) is 0 Å². The Hall–Kier alpha value is -0.660. The first-order chi connectivity index (χ1) is 8.79. The van der Waals surface area contributed by atoms with Crippen LogP contribution in [-0.2, 0) is 23.1 Å². The summed E-state index contributed by atoms with van der Waals surface area (Å²) in [5, 5.41) is 13.5. The Bertz CT molecular complexity index is 403. The van der Waals surface area contributed by atoms with Crippen LogP contribution in [0, 0.1) is 0 Å². The van der Waals surface area contributed by atoms with Crippen molar-refractivity contribution in [2.75, 3.05) is 20.8 Å². The second kappa shape index (κ2) is 6.19. The molecule has 0 amide bonds. The molecule has 1 heterocycles. The number of aliphatic hydroxyl groups is 1. The van der Waals surface area contributed by atoms with Gasteiger partial charge in [0.2, 0.25) is 0 Å². The highest BCUT2D eigenvalue weighted by Crippen LogP contribution is 2.54. The minimum atomic E-state index is -3.73. The molecule has 1 fully saturated rings. The molecular weight excluding hydrogens is 277 g/mol. The summed E-state index contributed by atoms with van der Waals surface area (Å²) in [7, 11) is -1.40. The predicted octanol–water partition coefficient (Wildman–Crippen LogP) is 1.62. The van der Waals surface area contributed by atoms with Gasteiger partial charge in [-0.15, -0.1) is 0 Å². The Morgan fingerprint density at radius 1 is 1.47 bits per heavy atom. The Morgan fingerprint density at radius 3 is 2.53 bits per heavy atom. The number of rotatable bonds is 6. The molecule has 3 atom stereocenters. The third-order valence-corrected chi connectivity index (χ3v) is 4.63. The molecular formula is C9H18N3O6P. The quantitative estimate of drug-likeness (QED) is 0.344. The van der Waals surface area contributed by atoms with E-state index in [2.05, 4.69) is 10.0 Å². The summed E-state index contributed by atoms with van der Waals surface area (Å²) in [6, 6.07) is 0. The van der Waals surface area contributed by atoms with Crippen molar-refractivity contribution in [2.24, 2.45) is 5.11 Å². The summed E-state index contributed by atoms with van der Waals surface area (Å²) in [6.07, 6.45) is -1.72. The van der Waals surface area contributed by atoms with Crippen molar-refractivity contribution in [3.8, 4) is 0 Å². The maximum atomic E-state index is 12.1. The van der Waals surface area contributed by atoms with Crippen molar-refractivity contribution in [3.05, 3.63) is 10.4 Å². The second-order valence-corrected chi connectivity index (χ2v) is 6.71. The number of azide groups is 1. The molecule has 110 valence electrons. The van der Waals surface area contributed by atoms with Crippen molar-refractivity contribution in [1.29, 1.82) is 0 Å². The largest absolute Gasteiger partial charge is 0.378 e. The Kier molecular flexibility index (Phi) is 5.34. The molecule has 0 aromatic rings. The van der Waals surface area contributed by atoms with Gasteiger partial charge in [0, 0.05) is 19.1 Å². The van der Waals surface area contributed by atoms with E-state index in [1.807, 2.05) is 0 Å². The van der Waals surface area contributed by atoms with Crippen LogP contribution in [0.3, 0.4) is 0 Å². The molecule has 0 aromatic heterocycles. The summed E-state index contributed by atoms with van der Waals surface area (Å²) in [5.41, 5.74) is 8.33. The highest BCUT2D eigenvalue weighted by Gasteiger charge is 2.51. The molecule has 0 saturated carbocycles. The number of aliphatic hydroxyl groups excluding tert-OH is 1. The van der Waals surface area contributed by atoms with E-state index in [1.54, 1.807) is 13.8 Å². The van der Waals surface area contributed by atoms with Crippen LogP contribution in [0.1, 0.15) is 13.8 Å². The molecule has 1 aliphatic rings. The van der Waals surface area contributed by atoms with Crippen molar-refractivity contribution in [2.45, 2.75) is 37.7 Å². The van der Waals surface area contributed by atoms with E-state index in [0.717, 1.165) is 14.2 Å². The molecule has 0 bridgehead atoms. The van der Waals surface area contributed by atoms with Crippen LogP contribution < -0.4 is 0 Å². The molecule has 1 saturated heterocycles. The third kappa shape index (κ3) is 3.67. The first-order valence-corrected chi connectivity index (χ1v) is 7.16. The molecule has 0 radical (unpaired) electrons. The van der Waals surface area contributed by atoms with Gasteiger partial charge in [0.25, 0.3) is 0 Å². The summed E-state index contributed by atoms with van der Waals surface area (Å²) in [6.45, 7) is 3.20. The van der Waals surface area contributed by atoms with Crippen LogP contribution >= 0.6 is 7.60 Å². The zero-order valence-electron chi connectivity index (χ0n) is 11.2. The lowest BCUT2D eigenvalue weighted by Gasteiger charge is -2.26. The van der Waals surface area contributed by atoms with Gasteiger partial charge in [0.1, 0.15) is 6.10 Å². The molecule has 0 aliphatic carbocycles. The normalized spacial score (nSPS) is 27.8. The Morgan fingerprint density at radius 2 is 2.05 bits per heavy atom. The van der Waals surface area contributed by atoms with E-state index in [9.17, 15) is 9.67 Å². The molecule has 10 heteroatoms. The summed E-state index contributed by atoms with van der Waals surface area (Å²) < 4.78 is 32.6. The Labute approximate surface area is 110 Å². The van der Waals surface area contributed by atoms with Crippen LogP contribution in [0.4, 0.5) is 0 Å². The van der Waals surface area contributed by atoms with Gasteiger partial charge in [-0.25, -0.2) is 0 Å². The molecule has 19 heavy (non-hydrogen) atoms. The first-order valence-electron chi connectivity index (χ1n) is 5.55. The molecule has 1 aliphatic heterocycles. The lowest BCUT2D eigenvalue weighted by molar-refractivity contribution is -0.151. The van der Waals surface area contributed by atoms with Gasteiger partial charge in [-0.2, -0.15) is 0 Å². The molecule has 1 rings (SSSR count). The zero-order chi connectivity index (χ0) is 14.7. The highest BCUT2D eigenvalue weighted by atomic mass is 31.2. The van der Waals surface area contributed by atoms with Crippen LogP contribution in [0.5, 0.6) is 0 Å². The average Bonchev–Trinajstić information content (AvgIpc) is 2.69. The number of ether oxygens (including phenoxy) is 2. The molecule has 1 N–H and O–H groups in total. The SMILES string of the molecule is COP(=O)(OC)[C@H](O)[C@@H]1OC(C)(C)O[C@H]1CN=[N+]=[N-]. The second-order valence-electron chi connectivity index (χ2n) is 4.37. The zero-order valence-corrected chi connectivity index (χ0v) is 12.1. The van der Waals surface area contributed by atoms with Crippen molar-refractivity contribution >= 4 is 7.60 Å². The van der Waals surface area contributed by atoms with E-state index in [4.69, 9.17) is 24.1 Å². The van der Waals surface area contributed by atoms with Gasteiger partial charge in [0.15, 0.2) is 11.6 Å². The molecule has 9 nitrogen and oxygen atoms in total. The van der Waals surface area contributed by atoms with Gasteiger partial charge < -0.3 is 23.6 Å². The fraction of sp³-hybridized carbons (Fsp3) is 1.00. The molecule has 0 aromatic carbocycles. The van der Waals surface area contributed by atoms with Gasteiger partial charge in [-0.1, -0.05) is 5.11 Å². The topological polar surface area (TPSA) is 123 Å². The van der Waals surface area contributed by atoms with Crippen LogP contribution in [0.2, 0.25) is 0 Å². The van der Waals surface area contributed by atoms with Crippen LogP contribution in [0.25, 0.3) is 10.4 Å². The van der Waals surface area contributed by atoms with Crippen molar-refractivity contribution in [1.82, 2.24) is 0 Å². The third-order valence-electron chi connectivity index (χ3n) is 2.67. The van der Waals surface area contributed by atoms with Crippen molar-refractivity contribution in [3.63, 3.8) is 0 Å². The fourth-order valence-electron chi connectivity index (χ4n) is 1.84. The molecule has 0 unspecified atom stereocenters. The maximum absolute atomic E-state index is 12.1. The number of hydrogen-bond donors (Lipinski definition) is 1.